The second-order valence-electron chi connectivity index (χ2n) is 2.62. The average molecular weight is 203 g/mol. The standard InChI is InChI=1S/C9H10ClF.C2H6/c1-6-5-8(10)3-4-9(6)7(2)11;1-2/h3-5,7H,1-2H3;1-2H3. The predicted molar refractivity (Wildman–Crippen MR) is 57.1 cm³/mol. The molecular weight excluding hydrogens is 187 g/mol. The van der Waals surface area contributed by atoms with E-state index in [0.29, 0.717) is 5.02 Å². The third kappa shape index (κ3) is 3.77. The van der Waals surface area contributed by atoms with Gasteiger partial charge in [0.05, 0.1) is 0 Å². The van der Waals surface area contributed by atoms with Crippen molar-refractivity contribution in [2.24, 2.45) is 0 Å². The topological polar surface area (TPSA) is 0 Å². The largest absolute Gasteiger partial charge is 0.243 e. The number of hydrogen-bond acceptors (Lipinski definition) is 0. The molecule has 1 atom stereocenters. The van der Waals surface area contributed by atoms with E-state index in [-0.39, 0.29) is 0 Å². The van der Waals surface area contributed by atoms with Crippen LogP contribution in [0.15, 0.2) is 18.2 Å². The van der Waals surface area contributed by atoms with Gasteiger partial charge in [0.25, 0.3) is 0 Å². The summed E-state index contributed by atoms with van der Waals surface area (Å²) in [6.45, 7) is 7.38. The molecule has 0 nitrogen and oxygen atoms in total. The maximum Gasteiger partial charge on any atom is 0.123 e. The summed E-state index contributed by atoms with van der Waals surface area (Å²) in [6, 6.07) is 5.20. The van der Waals surface area contributed by atoms with Crippen LogP contribution in [0.2, 0.25) is 5.02 Å². The van der Waals surface area contributed by atoms with E-state index in [1.807, 2.05) is 20.8 Å². The molecule has 1 rings (SSSR count). The lowest BCUT2D eigenvalue weighted by atomic mass is 10.1. The Bertz CT molecular complexity index is 256. The van der Waals surface area contributed by atoms with Crippen molar-refractivity contribution in [3.8, 4) is 0 Å². The summed E-state index contributed by atoms with van der Waals surface area (Å²) >= 11 is 5.70. The lowest BCUT2D eigenvalue weighted by Gasteiger charge is -2.05. The van der Waals surface area contributed by atoms with Gasteiger partial charge in [0.1, 0.15) is 6.17 Å². The van der Waals surface area contributed by atoms with E-state index >= 15 is 0 Å². The number of halogens is 2. The van der Waals surface area contributed by atoms with E-state index in [0.717, 1.165) is 11.1 Å². The smallest absolute Gasteiger partial charge is 0.123 e. The molecular formula is C11H16ClF. The fraction of sp³-hybridized carbons (Fsp3) is 0.455. The Balaban J connectivity index is 0.000000671. The molecule has 1 unspecified atom stereocenters. The fourth-order valence-electron chi connectivity index (χ4n) is 1.09. The highest BCUT2D eigenvalue weighted by Gasteiger charge is 2.05. The maximum atomic E-state index is 12.8. The van der Waals surface area contributed by atoms with Crippen LogP contribution in [-0.2, 0) is 0 Å². The molecule has 0 saturated heterocycles. The van der Waals surface area contributed by atoms with Crippen molar-refractivity contribution >= 4 is 11.6 Å². The zero-order chi connectivity index (χ0) is 10.4. The number of benzene rings is 1. The van der Waals surface area contributed by atoms with Crippen molar-refractivity contribution in [3.05, 3.63) is 34.3 Å². The van der Waals surface area contributed by atoms with Gasteiger partial charge in [-0.3, -0.25) is 0 Å². The highest BCUT2D eigenvalue weighted by molar-refractivity contribution is 6.30. The molecule has 1 aromatic rings. The first-order valence-corrected chi connectivity index (χ1v) is 4.89. The van der Waals surface area contributed by atoms with E-state index in [1.165, 1.54) is 6.92 Å². The monoisotopic (exact) mass is 202 g/mol. The lowest BCUT2D eigenvalue weighted by Crippen LogP contribution is -1.89. The zero-order valence-corrected chi connectivity index (χ0v) is 9.32. The quantitative estimate of drug-likeness (QED) is 0.619. The van der Waals surface area contributed by atoms with Gasteiger partial charge in [0.15, 0.2) is 0 Å². The van der Waals surface area contributed by atoms with Gasteiger partial charge in [-0.05, 0) is 37.1 Å². The van der Waals surface area contributed by atoms with Gasteiger partial charge in [0, 0.05) is 5.02 Å². The molecule has 0 aromatic heterocycles. The van der Waals surface area contributed by atoms with Crippen molar-refractivity contribution in [3.63, 3.8) is 0 Å². The summed E-state index contributed by atoms with van der Waals surface area (Å²) in [7, 11) is 0. The minimum atomic E-state index is -0.910. The Morgan fingerprint density at radius 1 is 1.31 bits per heavy atom. The molecule has 0 heterocycles. The predicted octanol–water partition coefficient (Wildman–Crippen LogP) is 4.71. The second kappa shape index (κ2) is 5.98. The molecule has 74 valence electrons. The van der Waals surface area contributed by atoms with E-state index in [4.69, 9.17) is 11.6 Å². The Kier molecular flexibility index (Phi) is 5.72. The number of alkyl halides is 1. The summed E-state index contributed by atoms with van der Waals surface area (Å²) < 4.78 is 12.8. The Labute approximate surface area is 84.7 Å². The molecule has 13 heavy (non-hydrogen) atoms. The van der Waals surface area contributed by atoms with Crippen LogP contribution in [-0.4, -0.2) is 0 Å². The zero-order valence-electron chi connectivity index (χ0n) is 8.57. The van der Waals surface area contributed by atoms with Gasteiger partial charge in [-0.15, -0.1) is 0 Å². The fourth-order valence-corrected chi connectivity index (χ4v) is 1.31. The van der Waals surface area contributed by atoms with Crippen molar-refractivity contribution in [2.75, 3.05) is 0 Å². The summed E-state index contributed by atoms with van der Waals surface area (Å²) in [6.07, 6.45) is -0.910. The maximum absolute atomic E-state index is 12.8. The molecule has 0 amide bonds. The Morgan fingerprint density at radius 3 is 2.23 bits per heavy atom. The molecule has 0 aliphatic carbocycles. The first-order valence-electron chi connectivity index (χ1n) is 4.51. The van der Waals surface area contributed by atoms with Crippen molar-refractivity contribution < 1.29 is 4.39 Å². The van der Waals surface area contributed by atoms with E-state index in [9.17, 15) is 4.39 Å². The average Bonchev–Trinajstić information content (AvgIpc) is 2.07. The third-order valence-electron chi connectivity index (χ3n) is 1.66. The number of aryl methyl sites for hydroxylation is 1. The molecule has 0 N–H and O–H groups in total. The summed E-state index contributed by atoms with van der Waals surface area (Å²) in [5.41, 5.74) is 1.63. The van der Waals surface area contributed by atoms with Crippen LogP contribution in [0.4, 0.5) is 4.39 Å². The van der Waals surface area contributed by atoms with E-state index in [2.05, 4.69) is 0 Å². The molecule has 1 aromatic carbocycles. The summed E-state index contributed by atoms with van der Waals surface area (Å²) in [5, 5.41) is 0.659. The highest BCUT2D eigenvalue weighted by Crippen LogP contribution is 2.23. The minimum absolute atomic E-state index is 0.659. The van der Waals surface area contributed by atoms with Gasteiger partial charge in [0.2, 0.25) is 0 Å². The van der Waals surface area contributed by atoms with Crippen LogP contribution in [0.25, 0.3) is 0 Å². The van der Waals surface area contributed by atoms with Crippen LogP contribution in [0, 0.1) is 6.92 Å². The SMILES string of the molecule is CC.Cc1cc(Cl)ccc1C(C)F. The van der Waals surface area contributed by atoms with Crippen LogP contribution >= 0.6 is 11.6 Å². The van der Waals surface area contributed by atoms with Crippen molar-refractivity contribution in [1.82, 2.24) is 0 Å². The molecule has 0 saturated carbocycles. The summed E-state index contributed by atoms with van der Waals surface area (Å²) in [4.78, 5) is 0. The molecule has 0 spiro atoms. The third-order valence-corrected chi connectivity index (χ3v) is 1.90. The number of hydrogen-bond donors (Lipinski definition) is 0. The van der Waals surface area contributed by atoms with Gasteiger partial charge in [-0.1, -0.05) is 31.5 Å². The van der Waals surface area contributed by atoms with Crippen molar-refractivity contribution in [2.45, 2.75) is 33.9 Å². The van der Waals surface area contributed by atoms with Crippen LogP contribution in [0.1, 0.15) is 38.1 Å². The Morgan fingerprint density at radius 2 is 1.85 bits per heavy atom. The van der Waals surface area contributed by atoms with Crippen LogP contribution in [0.3, 0.4) is 0 Å². The second-order valence-corrected chi connectivity index (χ2v) is 3.05. The highest BCUT2D eigenvalue weighted by atomic mass is 35.5. The first-order chi connectivity index (χ1) is 6.11. The van der Waals surface area contributed by atoms with Crippen LogP contribution < -0.4 is 0 Å². The van der Waals surface area contributed by atoms with Gasteiger partial charge in [-0.25, -0.2) is 4.39 Å². The number of rotatable bonds is 1. The molecule has 0 fully saturated rings. The first kappa shape index (κ1) is 12.4. The molecule has 0 aliphatic rings. The molecule has 0 radical (unpaired) electrons. The van der Waals surface area contributed by atoms with E-state index < -0.39 is 6.17 Å². The Hall–Kier alpha value is -0.560. The molecule has 0 bridgehead atoms. The normalized spacial score (nSPS) is 11.5. The van der Waals surface area contributed by atoms with Crippen LogP contribution in [0.5, 0.6) is 0 Å². The van der Waals surface area contributed by atoms with Crippen molar-refractivity contribution in [1.29, 1.82) is 0 Å². The molecule has 2 heteroatoms. The van der Waals surface area contributed by atoms with Gasteiger partial charge >= 0.3 is 0 Å². The van der Waals surface area contributed by atoms with Gasteiger partial charge < -0.3 is 0 Å². The molecule has 0 aliphatic heterocycles. The van der Waals surface area contributed by atoms with Gasteiger partial charge in [-0.2, -0.15) is 0 Å². The minimum Gasteiger partial charge on any atom is -0.243 e. The summed E-state index contributed by atoms with van der Waals surface area (Å²) in [5.74, 6) is 0. The lowest BCUT2D eigenvalue weighted by molar-refractivity contribution is 0.373. The van der Waals surface area contributed by atoms with E-state index in [1.54, 1.807) is 18.2 Å².